The summed E-state index contributed by atoms with van der Waals surface area (Å²) in [7, 11) is 1.78. The molecule has 1 aromatic rings. The van der Waals surface area contributed by atoms with Crippen molar-refractivity contribution in [2.75, 3.05) is 20.1 Å². The number of amides is 1. The molecule has 1 heterocycles. The molecule has 2 N–H and O–H groups in total. The zero-order valence-electron chi connectivity index (χ0n) is 14.0. The Balaban J connectivity index is 0.00000264. The van der Waals surface area contributed by atoms with Gasteiger partial charge in [0.05, 0.1) is 0 Å². The summed E-state index contributed by atoms with van der Waals surface area (Å²) < 4.78 is 0. The predicted molar refractivity (Wildman–Crippen MR) is 105 cm³/mol. The number of carbonyl (C=O) groups excluding carboxylic acids is 1. The third-order valence-electron chi connectivity index (χ3n) is 3.79. The number of likely N-dealkylation sites (tertiary alicyclic amines) is 1. The minimum absolute atomic E-state index is 0. The molecule has 1 fully saturated rings. The van der Waals surface area contributed by atoms with E-state index in [4.69, 9.17) is 0 Å². The molecule has 1 aliphatic rings. The first-order valence-corrected chi connectivity index (χ1v) is 8.03. The maximum atomic E-state index is 11.6. The molecule has 6 heteroatoms. The number of hydrogen-bond acceptors (Lipinski definition) is 2. The van der Waals surface area contributed by atoms with E-state index in [2.05, 4.69) is 46.8 Å². The van der Waals surface area contributed by atoms with E-state index in [1.807, 2.05) is 4.90 Å². The molecule has 0 saturated carbocycles. The average molecular weight is 430 g/mol. The Labute approximate surface area is 156 Å². The van der Waals surface area contributed by atoms with E-state index in [0.29, 0.717) is 6.42 Å². The number of guanidine groups is 1. The quantitative estimate of drug-likeness (QED) is 0.414. The van der Waals surface area contributed by atoms with Gasteiger partial charge >= 0.3 is 0 Å². The summed E-state index contributed by atoms with van der Waals surface area (Å²) >= 11 is 0. The molecule has 1 aromatic carbocycles. The van der Waals surface area contributed by atoms with Crippen molar-refractivity contribution < 1.29 is 4.79 Å². The standard InChI is InChI=1S/C17H26N4O.HI/c1-3-10-19-17(18-2)20-12-14-6-8-15(9-7-14)13-21-11-4-5-16(21)22;/h6-9H,3-5,10-13H2,1-2H3,(H2,18,19,20);1H. The molecular formula is C17H27IN4O. The Kier molecular flexibility index (Phi) is 8.98. The molecule has 1 amide bonds. The first kappa shape index (κ1) is 19.7. The lowest BCUT2D eigenvalue weighted by Gasteiger charge is -2.16. The van der Waals surface area contributed by atoms with Crippen LogP contribution in [0.3, 0.4) is 0 Å². The summed E-state index contributed by atoms with van der Waals surface area (Å²) in [6.07, 6.45) is 2.77. The normalized spacial score (nSPS) is 14.6. The van der Waals surface area contributed by atoms with Gasteiger partial charge in [-0.15, -0.1) is 24.0 Å². The second kappa shape index (κ2) is 10.5. The predicted octanol–water partition coefficient (Wildman–Crippen LogP) is 2.50. The van der Waals surface area contributed by atoms with Crippen molar-refractivity contribution in [3.8, 4) is 0 Å². The largest absolute Gasteiger partial charge is 0.356 e. The third kappa shape index (κ3) is 6.37. The molecule has 0 radical (unpaired) electrons. The Morgan fingerprint density at radius 1 is 1.22 bits per heavy atom. The van der Waals surface area contributed by atoms with Crippen molar-refractivity contribution in [2.24, 2.45) is 4.99 Å². The molecular weight excluding hydrogens is 403 g/mol. The second-order valence-electron chi connectivity index (χ2n) is 5.59. The van der Waals surface area contributed by atoms with E-state index in [-0.39, 0.29) is 29.9 Å². The van der Waals surface area contributed by atoms with Crippen LogP contribution in [-0.2, 0) is 17.9 Å². The summed E-state index contributed by atoms with van der Waals surface area (Å²) in [6.45, 7) is 5.41. The first-order valence-electron chi connectivity index (χ1n) is 8.03. The van der Waals surface area contributed by atoms with Gasteiger partial charge in [0.1, 0.15) is 0 Å². The highest BCUT2D eigenvalue weighted by molar-refractivity contribution is 14.0. The molecule has 1 aliphatic heterocycles. The number of benzene rings is 1. The summed E-state index contributed by atoms with van der Waals surface area (Å²) in [4.78, 5) is 17.8. The zero-order chi connectivity index (χ0) is 15.8. The summed E-state index contributed by atoms with van der Waals surface area (Å²) in [6, 6.07) is 8.42. The Morgan fingerprint density at radius 3 is 2.48 bits per heavy atom. The maximum absolute atomic E-state index is 11.6. The van der Waals surface area contributed by atoms with Crippen LogP contribution >= 0.6 is 24.0 Å². The van der Waals surface area contributed by atoms with E-state index >= 15 is 0 Å². The van der Waals surface area contributed by atoms with Crippen molar-refractivity contribution in [2.45, 2.75) is 39.3 Å². The Bertz CT molecular complexity index is 516. The SMILES string of the molecule is CCCNC(=NC)NCc1ccc(CN2CCCC2=O)cc1.I. The molecule has 23 heavy (non-hydrogen) atoms. The van der Waals surface area contributed by atoms with E-state index in [9.17, 15) is 4.79 Å². The highest BCUT2D eigenvalue weighted by Gasteiger charge is 2.19. The van der Waals surface area contributed by atoms with Crippen molar-refractivity contribution in [1.29, 1.82) is 0 Å². The van der Waals surface area contributed by atoms with Crippen LogP contribution in [0.5, 0.6) is 0 Å². The number of nitrogens with one attached hydrogen (secondary N) is 2. The van der Waals surface area contributed by atoms with E-state index in [0.717, 1.165) is 45.0 Å². The lowest BCUT2D eigenvalue weighted by molar-refractivity contribution is -0.128. The topological polar surface area (TPSA) is 56.7 Å². The summed E-state index contributed by atoms with van der Waals surface area (Å²) in [5.74, 6) is 1.10. The van der Waals surface area contributed by atoms with E-state index < -0.39 is 0 Å². The Hall–Kier alpha value is -1.31. The number of rotatable bonds is 6. The van der Waals surface area contributed by atoms with Crippen LogP contribution < -0.4 is 10.6 Å². The lowest BCUT2D eigenvalue weighted by Crippen LogP contribution is -2.37. The molecule has 128 valence electrons. The number of halogens is 1. The summed E-state index contributed by atoms with van der Waals surface area (Å²) in [5, 5.41) is 6.54. The van der Waals surface area contributed by atoms with Crippen LogP contribution in [0, 0.1) is 0 Å². The van der Waals surface area contributed by atoms with Gasteiger partial charge in [-0.3, -0.25) is 9.79 Å². The van der Waals surface area contributed by atoms with Gasteiger partial charge in [-0.2, -0.15) is 0 Å². The fourth-order valence-electron chi connectivity index (χ4n) is 2.50. The van der Waals surface area contributed by atoms with Gasteiger partial charge in [-0.05, 0) is 24.0 Å². The molecule has 5 nitrogen and oxygen atoms in total. The molecule has 0 aromatic heterocycles. The highest BCUT2D eigenvalue weighted by atomic mass is 127. The molecule has 0 aliphatic carbocycles. The fourth-order valence-corrected chi connectivity index (χ4v) is 2.50. The highest BCUT2D eigenvalue weighted by Crippen LogP contribution is 2.14. The molecule has 0 unspecified atom stereocenters. The van der Waals surface area contributed by atoms with Crippen molar-refractivity contribution in [3.05, 3.63) is 35.4 Å². The van der Waals surface area contributed by atoms with E-state index in [1.54, 1.807) is 7.05 Å². The van der Waals surface area contributed by atoms with Crippen molar-refractivity contribution >= 4 is 35.8 Å². The minimum atomic E-state index is 0. The lowest BCUT2D eigenvalue weighted by atomic mass is 10.1. The number of carbonyl (C=O) groups is 1. The average Bonchev–Trinajstić information content (AvgIpc) is 2.94. The third-order valence-corrected chi connectivity index (χ3v) is 3.79. The second-order valence-corrected chi connectivity index (χ2v) is 5.59. The van der Waals surface area contributed by atoms with Crippen molar-refractivity contribution in [1.82, 2.24) is 15.5 Å². The van der Waals surface area contributed by atoms with Gasteiger partial charge in [0, 0.05) is 39.6 Å². The van der Waals surface area contributed by atoms with Gasteiger partial charge < -0.3 is 15.5 Å². The molecule has 1 saturated heterocycles. The van der Waals surface area contributed by atoms with Crippen molar-refractivity contribution in [3.63, 3.8) is 0 Å². The maximum Gasteiger partial charge on any atom is 0.222 e. The van der Waals surface area contributed by atoms with Gasteiger partial charge in [-0.1, -0.05) is 31.2 Å². The van der Waals surface area contributed by atoms with Gasteiger partial charge in [0.2, 0.25) is 5.91 Å². The fraction of sp³-hybridized carbons (Fsp3) is 0.529. The monoisotopic (exact) mass is 430 g/mol. The van der Waals surface area contributed by atoms with Crippen LogP contribution in [0.1, 0.15) is 37.3 Å². The molecule has 0 atom stereocenters. The van der Waals surface area contributed by atoms with Crippen LogP contribution in [-0.4, -0.2) is 36.9 Å². The minimum Gasteiger partial charge on any atom is -0.356 e. The van der Waals surface area contributed by atoms with Crippen LogP contribution in [0.25, 0.3) is 0 Å². The molecule has 0 bridgehead atoms. The number of nitrogens with zero attached hydrogens (tertiary/aromatic N) is 2. The molecule has 0 spiro atoms. The Morgan fingerprint density at radius 2 is 1.91 bits per heavy atom. The van der Waals surface area contributed by atoms with Crippen LogP contribution in [0.4, 0.5) is 0 Å². The van der Waals surface area contributed by atoms with Gasteiger partial charge in [0.15, 0.2) is 5.96 Å². The van der Waals surface area contributed by atoms with Crippen LogP contribution in [0.2, 0.25) is 0 Å². The van der Waals surface area contributed by atoms with Gasteiger partial charge in [-0.25, -0.2) is 0 Å². The zero-order valence-corrected chi connectivity index (χ0v) is 16.3. The number of hydrogen-bond donors (Lipinski definition) is 2. The number of aliphatic imine (C=N–C) groups is 1. The van der Waals surface area contributed by atoms with E-state index in [1.165, 1.54) is 11.1 Å². The van der Waals surface area contributed by atoms with Crippen LogP contribution in [0.15, 0.2) is 29.3 Å². The van der Waals surface area contributed by atoms with Gasteiger partial charge in [0.25, 0.3) is 0 Å². The molecule has 2 rings (SSSR count). The smallest absolute Gasteiger partial charge is 0.222 e. The summed E-state index contributed by atoms with van der Waals surface area (Å²) in [5.41, 5.74) is 2.39. The first-order chi connectivity index (χ1) is 10.7.